The molecule has 0 radical (unpaired) electrons. The van der Waals surface area contributed by atoms with Crippen LogP contribution in [0.15, 0.2) is 205 Å². The molecule has 0 saturated heterocycles. The van der Waals surface area contributed by atoms with E-state index in [1.54, 1.807) is 0 Å². The average molecular weight is 640 g/mol. The van der Waals surface area contributed by atoms with Crippen LogP contribution in [0, 0.1) is 0 Å². The Balaban J connectivity index is 1.04. The van der Waals surface area contributed by atoms with Crippen LogP contribution in [-0.4, -0.2) is 0 Å². The third kappa shape index (κ3) is 5.63. The molecule has 0 bridgehead atoms. The van der Waals surface area contributed by atoms with Gasteiger partial charge in [-0.1, -0.05) is 152 Å². The summed E-state index contributed by atoms with van der Waals surface area (Å²) < 4.78 is 6.25. The van der Waals surface area contributed by atoms with Crippen LogP contribution in [0.4, 0.5) is 17.1 Å². The molecule has 0 aliphatic carbocycles. The molecule has 236 valence electrons. The Kier molecular flexibility index (Phi) is 7.53. The maximum absolute atomic E-state index is 6.25. The molecule has 50 heavy (non-hydrogen) atoms. The van der Waals surface area contributed by atoms with Crippen LogP contribution < -0.4 is 4.90 Å². The molecule has 0 spiro atoms. The van der Waals surface area contributed by atoms with E-state index in [1.807, 2.05) is 18.2 Å². The Hall–Kier alpha value is -6.64. The molecule has 2 heteroatoms. The summed E-state index contributed by atoms with van der Waals surface area (Å²) in [5.41, 5.74) is 12.4. The fourth-order valence-electron chi connectivity index (χ4n) is 6.91. The highest BCUT2D eigenvalue weighted by molar-refractivity contribution is 5.91. The van der Waals surface area contributed by atoms with E-state index in [4.69, 9.17) is 4.42 Å². The van der Waals surface area contributed by atoms with E-state index in [-0.39, 0.29) is 0 Å². The summed E-state index contributed by atoms with van der Waals surface area (Å²) in [5, 5.41) is 3.56. The van der Waals surface area contributed by atoms with Crippen molar-refractivity contribution in [1.82, 2.24) is 0 Å². The van der Waals surface area contributed by atoms with Gasteiger partial charge in [-0.25, -0.2) is 0 Å². The van der Waals surface area contributed by atoms with Crippen molar-refractivity contribution >= 4 is 38.8 Å². The van der Waals surface area contributed by atoms with Gasteiger partial charge < -0.3 is 9.32 Å². The van der Waals surface area contributed by atoms with Gasteiger partial charge in [0.15, 0.2) is 0 Å². The van der Waals surface area contributed by atoms with Crippen LogP contribution in [0.1, 0.15) is 0 Å². The SMILES string of the molecule is c1ccc(-c2ccc(N(c3ccc(-c4ccc(-c5ccccc5-c5cc6ccccc6o5)cc4)cc3)c3ccc4ccccc4c3)cc2)cc1. The van der Waals surface area contributed by atoms with Gasteiger partial charge in [-0.15, -0.1) is 0 Å². The Morgan fingerprint density at radius 1 is 0.300 bits per heavy atom. The van der Waals surface area contributed by atoms with Gasteiger partial charge in [0.2, 0.25) is 0 Å². The van der Waals surface area contributed by atoms with E-state index >= 15 is 0 Å². The molecule has 9 rings (SSSR count). The zero-order valence-electron chi connectivity index (χ0n) is 27.4. The lowest BCUT2D eigenvalue weighted by Crippen LogP contribution is -2.09. The molecule has 0 amide bonds. The van der Waals surface area contributed by atoms with Gasteiger partial charge in [-0.3, -0.25) is 0 Å². The summed E-state index contributed by atoms with van der Waals surface area (Å²) in [4.78, 5) is 2.34. The van der Waals surface area contributed by atoms with Crippen LogP contribution in [0.25, 0.3) is 66.4 Å². The largest absolute Gasteiger partial charge is 0.456 e. The topological polar surface area (TPSA) is 16.4 Å². The molecule has 0 N–H and O–H groups in total. The number of hydrogen-bond acceptors (Lipinski definition) is 2. The minimum atomic E-state index is 0.882. The van der Waals surface area contributed by atoms with Crippen LogP contribution >= 0.6 is 0 Å². The van der Waals surface area contributed by atoms with Crippen molar-refractivity contribution in [3.05, 3.63) is 200 Å². The molecular formula is C48H33NO. The van der Waals surface area contributed by atoms with Crippen LogP contribution in [0.5, 0.6) is 0 Å². The Labute approximate surface area is 292 Å². The normalized spacial score (nSPS) is 11.2. The molecule has 8 aromatic carbocycles. The number of rotatable bonds is 7. The summed E-state index contributed by atoms with van der Waals surface area (Å²) in [5.74, 6) is 0.882. The van der Waals surface area contributed by atoms with E-state index in [0.29, 0.717) is 0 Å². The van der Waals surface area contributed by atoms with Crippen molar-refractivity contribution in [2.45, 2.75) is 0 Å². The molecule has 0 saturated carbocycles. The Morgan fingerprint density at radius 3 is 1.44 bits per heavy atom. The lowest BCUT2D eigenvalue weighted by atomic mass is 9.96. The van der Waals surface area contributed by atoms with Gasteiger partial charge in [-0.05, 0) is 92.7 Å². The highest BCUT2D eigenvalue weighted by Gasteiger charge is 2.15. The van der Waals surface area contributed by atoms with Crippen molar-refractivity contribution in [1.29, 1.82) is 0 Å². The van der Waals surface area contributed by atoms with Gasteiger partial charge in [0.25, 0.3) is 0 Å². The van der Waals surface area contributed by atoms with E-state index in [2.05, 4.69) is 187 Å². The molecule has 0 fully saturated rings. The number of hydrogen-bond donors (Lipinski definition) is 0. The second kappa shape index (κ2) is 12.8. The van der Waals surface area contributed by atoms with Gasteiger partial charge in [0.05, 0.1) is 0 Å². The first-order valence-electron chi connectivity index (χ1n) is 17.0. The van der Waals surface area contributed by atoms with Gasteiger partial charge in [0, 0.05) is 28.0 Å². The number of nitrogens with zero attached hydrogens (tertiary/aromatic N) is 1. The first-order chi connectivity index (χ1) is 24.8. The van der Waals surface area contributed by atoms with Crippen molar-refractivity contribution in [3.8, 4) is 44.7 Å². The monoisotopic (exact) mass is 639 g/mol. The summed E-state index contributed by atoms with van der Waals surface area (Å²) in [6.45, 7) is 0. The van der Waals surface area contributed by atoms with E-state index < -0.39 is 0 Å². The van der Waals surface area contributed by atoms with Crippen molar-refractivity contribution < 1.29 is 4.42 Å². The summed E-state index contributed by atoms with van der Waals surface area (Å²) >= 11 is 0. The van der Waals surface area contributed by atoms with Crippen LogP contribution in [0.2, 0.25) is 0 Å². The summed E-state index contributed by atoms with van der Waals surface area (Å²) in [7, 11) is 0. The van der Waals surface area contributed by atoms with Gasteiger partial charge in [0.1, 0.15) is 11.3 Å². The highest BCUT2D eigenvalue weighted by Crippen LogP contribution is 2.39. The van der Waals surface area contributed by atoms with Crippen LogP contribution in [0.3, 0.4) is 0 Å². The number of fused-ring (bicyclic) bond motifs is 2. The number of para-hydroxylation sites is 1. The lowest BCUT2D eigenvalue weighted by Gasteiger charge is -2.26. The predicted octanol–water partition coefficient (Wildman–Crippen LogP) is 13.7. The second-order valence-electron chi connectivity index (χ2n) is 12.6. The molecule has 2 nitrogen and oxygen atoms in total. The zero-order chi connectivity index (χ0) is 33.3. The summed E-state index contributed by atoms with van der Waals surface area (Å²) in [6.07, 6.45) is 0. The van der Waals surface area contributed by atoms with E-state index in [0.717, 1.165) is 50.5 Å². The van der Waals surface area contributed by atoms with Crippen molar-refractivity contribution in [2.24, 2.45) is 0 Å². The first kappa shape index (κ1) is 29.5. The smallest absolute Gasteiger partial charge is 0.136 e. The van der Waals surface area contributed by atoms with Crippen LogP contribution in [-0.2, 0) is 0 Å². The molecule has 1 aromatic heterocycles. The maximum Gasteiger partial charge on any atom is 0.136 e. The Morgan fingerprint density at radius 2 is 0.780 bits per heavy atom. The van der Waals surface area contributed by atoms with Gasteiger partial charge in [-0.2, -0.15) is 0 Å². The minimum absolute atomic E-state index is 0.882. The van der Waals surface area contributed by atoms with Crippen molar-refractivity contribution in [2.75, 3.05) is 4.90 Å². The number of benzene rings is 8. The number of anilines is 3. The zero-order valence-corrected chi connectivity index (χ0v) is 27.4. The molecular weight excluding hydrogens is 607 g/mol. The molecule has 0 aliphatic rings. The van der Waals surface area contributed by atoms with E-state index in [9.17, 15) is 0 Å². The third-order valence-corrected chi connectivity index (χ3v) is 9.50. The standard InChI is InChI=1S/C48H33NO/c1-2-10-34(11-3-1)37-22-27-42(28-23-37)49(44-31-26-35-12-4-5-13-40(35)32-44)43-29-24-38(25-30-43)36-18-20-39(21-19-36)45-15-7-8-16-46(45)48-33-41-14-6-9-17-47(41)50-48/h1-33H. The summed E-state index contributed by atoms with van der Waals surface area (Å²) in [6, 6.07) is 71.1. The minimum Gasteiger partial charge on any atom is -0.456 e. The number of furan rings is 1. The van der Waals surface area contributed by atoms with Crippen molar-refractivity contribution in [3.63, 3.8) is 0 Å². The highest BCUT2D eigenvalue weighted by atomic mass is 16.3. The maximum atomic E-state index is 6.25. The predicted molar refractivity (Wildman–Crippen MR) is 210 cm³/mol. The lowest BCUT2D eigenvalue weighted by molar-refractivity contribution is 0.632. The quantitative estimate of drug-likeness (QED) is 0.173. The molecule has 0 atom stereocenters. The fraction of sp³-hybridized carbons (Fsp3) is 0. The molecule has 0 aliphatic heterocycles. The third-order valence-electron chi connectivity index (χ3n) is 9.50. The van der Waals surface area contributed by atoms with Gasteiger partial charge >= 0.3 is 0 Å². The Bertz CT molecular complexity index is 2530. The first-order valence-corrected chi connectivity index (χ1v) is 17.0. The fourth-order valence-corrected chi connectivity index (χ4v) is 6.91. The molecule has 9 aromatic rings. The molecule has 0 unspecified atom stereocenters. The second-order valence-corrected chi connectivity index (χ2v) is 12.6. The molecule has 1 heterocycles. The van der Waals surface area contributed by atoms with E-state index in [1.165, 1.54) is 33.0 Å². The average Bonchev–Trinajstić information content (AvgIpc) is 3.64.